The first-order valence-electron chi connectivity index (χ1n) is 6.48. The number of nitrogens with zero attached hydrogens (tertiary/aromatic N) is 1. The van der Waals surface area contributed by atoms with Gasteiger partial charge in [0.25, 0.3) is 0 Å². The lowest BCUT2D eigenvalue weighted by molar-refractivity contribution is 0.0527. The number of rotatable bonds is 5. The molecule has 0 fully saturated rings. The summed E-state index contributed by atoms with van der Waals surface area (Å²) in [4.78, 5) is 15.9. The van der Waals surface area contributed by atoms with Crippen LogP contribution in [0.2, 0.25) is 0 Å². The molecular weight excluding hydrogens is 270 g/mol. The van der Waals surface area contributed by atoms with Gasteiger partial charge in [0, 0.05) is 6.07 Å². The van der Waals surface area contributed by atoms with E-state index in [0.29, 0.717) is 29.4 Å². The van der Waals surface area contributed by atoms with Gasteiger partial charge in [0.15, 0.2) is 0 Å². The maximum Gasteiger partial charge on any atom is 0.340 e. The maximum atomic E-state index is 11.8. The predicted molar refractivity (Wildman–Crippen MR) is 80.9 cm³/mol. The molecule has 0 radical (unpaired) electrons. The Balaban J connectivity index is 2.23. The Labute approximate surface area is 122 Å². The van der Waals surface area contributed by atoms with Crippen molar-refractivity contribution >= 4 is 23.0 Å². The third-order valence-corrected chi connectivity index (χ3v) is 2.83. The number of hydrogen-bond donors (Lipinski definition) is 2. The van der Waals surface area contributed by atoms with Crippen LogP contribution in [-0.2, 0) is 4.74 Å². The number of aromatic nitrogens is 1. The van der Waals surface area contributed by atoms with Crippen molar-refractivity contribution in [1.29, 1.82) is 0 Å². The molecule has 0 aliphatic carbocycles. The number of pyridine rings is 1. The minimum Gasteiger partial charge on any atom is -0.481 e. The minimum absolute atomic E-state index is 0.304. The molecule has 21 heavy (non-hydrogen) atoms. The summed E-state index contributed by atoms with van der Waals surface area (Å²) in [7, 11) is 1.55. The highest BCUT2D eigenvalue weighted by atomic mass is 16.5. The summed E-state index contributed by atoms with van der Waals surface area (Å²) < 4.78 is 9.96. The van der Waals surface area contributed by atoms with Crippen molar-refractivity contribution in [2.24, 2.45) is 0 Å². The molecule has 0 aliphatic heterocycles. The highest BCUT2D eigenvalue weighted by Crippen LogP contribution is 2.27. The van der Waals surface area contributed by atoms with Crippen molar-refractivity contribution in [3.63, 3.8) is 0 Å². The number of esters is 1. The van der Waals surface area contributed by atoms with Crippen molar-refractivity contribution in [3.05, 3.63) is 42.1 Å². The first kappa shape index (κ1) is 14.6. The molecule has 6 nitrogen and oxygen atoms in total. The van der Waals surface area contributed by atoms with Crippen molar-refractivity contribution in [2.45, 2.75) is 6.92 Å². The lowest BCUT2D eigenvalue weighted by Gasteiger charge is -2.12. The Hall–Kier alpha value is -2.76. The molecule has 0 unspecified atom stereocenters. The van der Waals surface area contributed by atoms with Gasteiger partial charge in [-0.3, -0.25) is 0 Å². The van der Waals surface area contributed by atoms with Crippen LogP contribution in [0, 0.1) is 0 Å². The summed E-state index contributed by atoms with van der Waals surface area (Å²) in [5, 5.41) is 3.11. The van der Waals surface area contributed by atoms with Crippen molar-refractivity contribution < 1.29 is 14.3 Å². The van der Waals surface area contributed by atoms with E-state index in [1.54, 1.807) is 44.5 Å². The number of hydrogen-bond acceptors (Lipinski definition) is 6. The number of nitrogen functional groups attached to an aromatic ring is 1. The fourth-order valence-corrected chi connectivity index (χ4v) is 1.79. The van der Waals surface area contributed by atoms with Crippen LogP contribution in [0.3, 0.4) is 0 Å². The first-order valence-corrected chi connectivity index (χ1v) is 6.48. The Kier molecular flexibility index (Phi) is 4.61. The number of nitrogens with two attached hydrogens (primary N) is 1. The van der Waals surface area contributed by atoms with Gasteiger partial charge in [-0.1, -0.05) is 6.07 Å². The van der Waals surface area contributed by atoms with E-state index >= 15 is 0 Å². The van der Waals surface area contributed by atoms with E-state index in [9.17, 15) is 4.79 Å². The molecule has 2 rings (SSSR count). The number of methoxy groups -OCH3 is 1. The van der Waals surface area contributed by atoms with Gasteiger partial charge in [-0.2, -0.15) is 0 Å². The second-order valence-electron chi connectivity index (χ2n) is 4.20. The monoisotopic (exact) mass is 287 g/mol. The first-order chi connectivity index (χ1) is 10.2. The van der Waals surface area contributed by atoms with Crippen LogP contribution in [0.25, 0.3) is 0 Å². The van der Waals surface area contributed by atoms with Crippen LogP contribution < -0.4 is 15.8 Å². The third kappa shape index (κ3) is 3.42. The Morgan fingerprint density at radius 1 is 1.33 bits per heavy atom. The van der Waals surface area contributed by atoms with Gasteiger partial charge in [-0.05, 0) is 25.1 Å². The van der Waals surface area contributed by atoms with Gasteiger partial charge in [-0.15, -0.1) is 0 Å². The van der Waals surface area contributed by atoms with E-state index in [-0.39, 0.29) is 0 Å². The van der Waals surface area contributed by atoms with Crippen molar-refractivity contribution in [2.75, 3.05) is 24.8 Å². The van der Waals surface area contributed by atoms with Gasteiger partial charge in [0.05, 0.1) is 42.5 Å². The number of para-hydroxylation sites is 1. The largest absolute Gasteiger partial charge is 0.481 e. The lowest BCUT2D eigenvalue weighted by atomic mass is 10.1. The van der Waals surface area contributed by atoms with Crippen molar-refractivity contribution in [3.8, 4) is 5.88 Å². The predicted octanol–water partition coefficient (Wildman–Crippen LogP) is 2.59. The zero-order valence-electron chi connectivity index (χ0n) is 11.9. The molecule has 110 valence electrons. The number of ether oxygens (including phenoxy) is 2. The number of anilines is 3. The molecule has 0 saturated heterocycles. The Morgan fingerprint density at radius 2 is 2.14 bits per heavy atom. The van der Waals surface area contributed by atoms with Crippen LogP contribution in [-0.4, -0.2) is 24.7 Å². The van der Waals surface area contributed by atoms with E-state index in [4.69, 9.17) is 15.2 Å². The second kappa shape index (κ2) is 6.60. The number of carbonyl (C=O) groups excluding carboxylic acids is 1. The summed E-state index contributed by atoms with van der Waals surface area (Å²) in [5.41, 5.74) is 8.04. The van der Waals surface area contributed by atoms with Crippen molar-refractivity contribution in [1.82, 2.24) is 4.98 Å². The summed E-state index contributed by atoms with van der Waals surface area (Å²) in [5.74, 6) is 0.0836. The average molecular weight is 287 g/mol. The summed E-state index contributed by atoms with van der Waals surface area (Å²) in [6.07, 6.45) is 1.62. The average Bonchev–Trinajstić information content (AvgIpc) is 2.50. The highest BCUT2D eigenvalue weighted by molar-refractivity contribution is 5.98. The van der Waals surface area contributed by atoms with Crippen LogP contribution in [0.1, 0.15) is 17.3 Å². The molecule has 3 N–H and O–H groups in total. The molecule has 1 aromatic heterocycles. The van der Waals surface area contributed by atoms with Crippen LogP contribution >= 0.6 is 0 Å². The fraction of sp³-hybridized carbons (Fsp3) is 0.200. The summed E-state index contributed by atoms with van der Waals surface area (Å²) in [6, 6.07) is 8.69. The number of benzene rings is 1. The van der Waals surface area contributed by atoms with E-state index < -0.39 is 5.97 Å². The molecule has 0 amide bonds. The topological polar surface area (TPSA) is 86.5 Å². The molecule has 1 heterocycles. The van der Waals surface area contributed by atoms with Gasteiger partial charge < -0.3 is 20.5 Å². The standard InChI is InChI=1S/C15H17N3O3/c1-3-21-15(19)11-5-4-6-12(14(11)16)18-10-7-8-13(20-2)17-9-10/h4-9,18H,3,16H2,1-2H3. The minimum atomic E-state index is -0.438. The zero-order chi connectivity index (χ0) is 15.2. The third-order valence-electron chi connectivity index (χ3n) is 2.83. The molecule has 0 atom stereocenters. The Bertz CT molecular complexity index is 627. The number of carbonyl (C=O) groups is 1. The van der Waals surface area contributed by atoms with Crippen LogP contribution in [0.15, 0.2) is 36.5 Å². The summed E-state index contributed by atoms with van der Waals surface area (Å²) >= 11 is 0. The molecule has 0 bridgehead atoms. The van der Waals surface area contributed by atoms with Gasteiger partial charge in [0.1, 0.15) is 0 Å². The zero-order valence-corrected chi connectivity index (χ0v) is 11.9. The van der Waals surface area contributed by atoms with Gasteiger partial charge in [-0.25, -0.2) is 9.78 Å². The molecule has 0 saturated carbocycles. The second-order valence-corrected chi connectivity index (χ2v) is 4.20. The normalized spacial score (nSPS) is 10.0. The molecule has 6 heteroatoms. The fourth-order valence-electron chi connectivity index (χ4n) is 1.79. The van der Waals surface area contributed by atoms with E-state index in [1.165, 1.54) is 0 Å². The van der Waals surface area contributed by atoms with E-state index in [0.717, 1.165) is 5.69 Å². The van der Waals surface area contributed by atoms with Gasteiger partial charge in [0.2, 0.25) is 5.88 Å². The summed E-state index contributed by atoms with van der Waals surface area (Å²) in [6.45, 7) is 2.05. The smallest absolute Gasteiger partial charge is 0.340 e. The van der Waals surface area contributed by atoms with Crippen LogP contribution in [0.5, 0.6) is 5.88 Å². The molecule has 0 spiro atoms. The highest BCUT2D eigenvalue weighted by Gasteiger charge is 2.13. The Morgan fingerprint density at radius 3 is 2.76 bits per heavy atom. The van der Waals surface area contributed by atoms with E-state index in [1.807, 2.05) is 6.07 Å². The SMILES string of the molecule is CCOC(=O)c1cccc(Nc2ccc(OC)nc2)c1N. The lowest BCUT2D eigenvalue weighted by Crippen LogP contribution is -2.09. The van der Waals surface area contributed by atoms with Gasteiger partial charge >= 0.3 is 5.97 Å². The maximum absolute atomic E-state index is 11.8. The molecular formula is C15H17N3O3. The van der Waals surface area contributed by atoms with E-state index in [2.05, 4.69) is 10.3 Å². The van der Waals surface area contributed by atoms with Crippen LogP contribution in [0.4, 0.5) is 17.1 Å². The number of nitrogens with one attached hydrogen (secondary N) is 1. The molecule has 1 aromatic carbocycles. The quantitative estimate of drug-likeness (QED) is 0.649. The molecule has 2 aromatic rings. The molecule has 0 aliphatic rings.